The van der Waals surface area contributed by atoms with Crippen LogP contribution in [0.15, 0.2) is 0 Å². The Morgan fingerprint density at radius 1 is 0.750 bits per heavy atom. The summed E-state index contributed by atoms with van der Waals surface area (Å²) in [6.07, 6.45) is 5.67. The van der Waals surface area contributed by atoms with E-state index in [4.69, 9.17) is 0 Å². The molecule has 0 bridgehead atoms. The van der Waals surface area contributed by atoms with Crippen molar-refractivity contribution in [2.24, 2.45) is 0 Å². The summed E-state index contributed by atoms with van der Waals surface area (Å²) in [5.74, 6) is 0. The monoisotopic (exact) mass is 346 g/mol. The van der Waals surface area contributed by atoms with E-state index in [-0.39, 0.29) is 65.5 Å². The van der Waals surface area contributed by atoms with Gasteiger partial charge in [-0.05, 0) is 6.42 Å². The van der Waals surface area contributed by atoms with E-state index in [0.29, 0.717) is 6.42 Å². The Kier molecular flexibility index (Phi) is 17.7. The van der Waals surface area contributed by atoms with Crippen molar-refractivity contribution in [1.82, 2.24) is 0 Å². The molecule has 20 heavy (non-hydrogen) atoms. The molecule has 0 spiro atoms. The van der Waals surface area contributed by atoms with Gasteiger partial charge in [0.1, 0.15) is 24.8 Å². The van der Waals surface area contributed by atoms with Gasteiger partial charge in [0, 0.05) is 0 Å². The first-order valence-corrected chi connectivity index (χ1v) is 9.03. The molecule has 0 aromatic rings. The Morgan fingerprint density at radius 3 is 1.45 bits per heavy atom. The number of unbranched alkanes of at least 4 members (excludes halogenated alkanes) is 6. The second-order valence-corrected chi connectivity index (χ2v) is 7.73. The summed E-state index contributed by atoms with van der Waals surface area (Å²) in [5.41, 5.74) is 0. The van der Waals surface area contributed by atoms with Crippen molar-refractivity contribution < 1.29 is 85.1 Å². The van der Waals surface area contributed by atoms with E-state index in [1.165, 1.54) is 0 Å². The third-order valence-electron chi connectivity index (χ3n) is 2.69. The fourth-order valence-corrected chi connectivity index (χ4v) is 3.77. The maximum Gasteiger partial charge on any atom is 1.00 e. The van der Waals surface area contributed by atoms with Crippen molar-refractivity contribution in [2.45, 2.75) is 62.9 Å². The van der Waals surface area contributed by atoms with Gasteiger partial charge in [0.05, 0.1) is 0 Å². The average molecular weight is 346 g/mol. The third-order valence-corrected chi connectivity index (χ3v) is 5.86. The third kappa shape index (κ3) is 13.5. The molecule has 0 heterocycles. The van der Waals surface area contributed by atoms with Crippen LogP contribution in [-0.2, 0) is 20.2 Å². The van der Waals surface area contributed by atoms with E-state index in [0.717, 1.165) is 32.1 Å². The first-order chi connectivity index (χ1) is 8.19. The number of hydrogen-bond donors (Lipinski definition) is 0. The molecule has 0 aliphatic rings. The quantitative estimate of drug-likeness (QED) is 0.224. The fourth-order valence-electron chi connectivity index (χ4n) is 1.70. The van der Waals surface area contributed by atoms with Crippen LogP contribution < -0.4 is 59.1 Å². The summed E-state index contributed by atoms with van der Waals surface area (Å²) in [5, 5.41) is 0. The Balaban J connectivity index is -0.00000144. The molecule has 6 nitrogen and oxygen atoms in total. The molecule has 0 N–H and O–H groups in total. The molecule has 0 saturated carbocycles. The van der Waals surface area contributed by atoms with Gasteiger partial charge in [0.25, 0.3) is 0 Å². The molecule has 0 unspecified atom stereocenters. The second-order valence-electron chi connectivity index (χ2n) is 4.33. The van der Waals surface area contributed by atoms with Crippen molar-refractivity contribution in [3.8, 4) is 0 Å². The Bertz CT molecular complexity index is 389. The number of rotatable bonds is 10. The van der Waals surface area contributed by atoms with Gasteiger partial charge < -0.3 is 9.11 Å². The van der Waals surface area contributed by atoms with Gasteiger partial charge in [-0.1, -0.05) is 51.9 Å². The minimum absolute atomic E-state index is 0. The molecule has 0 aliphatic carbocycles. The topological polar surface area (TPSA) is 114 Å². The van der Waals surface area contributed by atoms with Crippen molar-refractivity contribution in [3.05, 3.63) is 0 Å². The van der Waals surface area contributed by atoms with Gasteiger partial charge in [-0.25, -0.2) is 16.8 Å². The van der Waals surface area contributed by atoms with Crippen LogP contribution in [-0.4, -0.2) is 30.5 Å². The maximum absolute atomic E-state index is 10.6. The molecule has 0 saturated heterocycles. The van der Waals surface area contributed by atoms with Gasteiger partial charge >= 0.3 is 59.1 Å². The summed E-state index contributed by atoms with van der Waals surface area (Å²) in [6, 6.07) is 0. The zero-order valence-corrected chi connectivity index (χ0v) is 18.1. The van der Waals surface area contributed by atoms with Gasteiger partial charge in [0.15, 0.2) is 0 Å². The minimum Gasteiger partial charge on any atom is -0.747 e. The number of hydrogen-bond acceptors (Lipinski definition) is 6. The molecule has 0 atom stereocenters. The van der Waals surface area contributed by atoms with Crippen molar-refractivity contribution in [1.29, 1.82) is 0 Å². The summed E-state index contributed by atoms with van der Waals surface area (Å²) in [7, 11) is -10.1. The van der Waals surface area contributed by atoms with Crippen LogP contribution >= 0.6 is 0 Å². The molecule has 10 heteroatoms. The van der Waals surface area contributed by atoms with Crippen LogP contribution in [0.1, 0.15) is 58.3 Å². The zero-order valence-electron chi connectivity index (χ0n) is 12.5. The molecule has 0 aromatic heterocycles. The van der Waals surface area contributed by atoms with E-state index < -0.39 is 31.2 Å². The summed E-state index contributed by atoms with van der Waals surface area (Å²) in [4.78, 5) is 0. The largest absolute Gasteiger partial charge is 1.00 e. The Hall–Kier alpha value is 1.82. The van der Waals surface area contributed by atoms with Crippen molar-refractivity contribution in [3.63, 3.8) is 0 Å². The zero-order chi connectivity index (χ0) is 14.2. The fraction of sp³-hybridized carbons (Fsp3) is 1.00. The summed E-state index contributed by atoms with van der Waals surface area (Å²) < 4.78 is 61.6. The minimum atomic E-state index is -5.07. The first-order valence-electron chi connectivity index (χ1n) is 6.09. The molecule has 0 aliphatic heterocycles. The predicted octanol–water partition coefficient (Wildman–Crippen LogP) is -4.45. The smallest absolute Gasteiger partial charge is 0.747 e. The Labute approximate surface area is 166 Å². The van der Waals surface area contributed by atoms with Crippen LogP contribution in [0, 0.1) is 0 Å². The van der Waals surface area contributed by atoms with Crippen LogP contribution in [0.5, 0.6) is 0 Å². The van der Waals surface area contributed by atoms with E-state index >= 15 is 0 Å². The van der Waals surface area contributed by atoms with Crippen molar-refractivity contribution in [2.75, 3.05) is 0 Å². The molecule has 0 radical (unpaired) electrons. The van der Waals surface area contributed by atoms with Gasteiger partial charge in [-0.3, -0.25) is 0 Å². The van der Waals surface area contributed by atoms with Crippen LogP contribution in [0.2, 0.25) is 0 Å². The van der Waals surface area contributed by atoms with Crippen LogP contribution in [0.4, 0.5) is 0 Å². The van der Waals surface area contributed by atoms with Crippen molar-refractivity contribution >= 4 is 20.2 Å². The van der Waals surface area contributed by atoms with Crippen LogP contribution in [0.3, 0.4) is 0 Å². The Morgan fingerprint density at radius 2 is 1.10 bits per heavy atom. The normalized spacial score (nSPS) is 11.8. The molecule has 0 rings (SSSR count). The van der Waals surface area contributed by atoms with E-state index in [2.05, 4.69) is 6.92 Å². The maximum atomic E-state index is 10.6. The average Bonchev–Trinajstić information content (AvgIpc) is 2.18. The molecular formula is C10H20Na2O6S2. The molecule has 0 aromatic carbocycles. The van der Waals surface area contributed by atoms with Gasteiger partial charge in [-0.2, -0.15) is 0 Å². The molecular weight excluding hydrogens is 326 g/mol. The van der Waals surface area contributed by atoms with Crippen LogP contribution in [0.25, 0.3) is 0 Å². The SMILES string of the molecule is CCCCCCCCCC(S(=O)(=O)[O-])S(=O)(=O)[O-].[Na+].[Na+]. The predicted molar refractivity (Wildman–Crippen MR) is 65.8 cm³/mol. The standard InChI is InChI=1S/C10H22O6S2.2Na/c1-2-3-4-5-6-7-8-9-10(17(11,12)13)18(14,15)16;;/h10H,2-9H2,1H3,(H,11,12,13)(H,14,15,16);;/q;2*+1/p-2. The summed E-state index contributed by atoms with van der Waals surface area (Å²) >= 11 is 0. The van der Waals surface area contributed by atoms with E-state index in [1.807, 2.05) is 0 Å². The molecule has 0 fully saturated rings. The van der Waals surface area contributed by atoms with Gasteiger partial charge in [-0.15, -0.1) is 0 Å². The molecule has 0 amide bonds. The first kappa shape index (κ1) is 26.7. The van der Waals surface area contributed by atoms with Gasteiger partial charge in [0.2, 0.25) is 0 Å². The molecule has 110 valence electrons. The van der Waals surface area contributed by atoms with E-state index in [1.54, 1.807) is 0 Å². The van der Waals surface area contributed by atoms with E-state index in [9.17, 15) is 25.9 Å². The summed E-state index contributed by atoms with van der Waals surface area (Å²) in [6.45, 7) is 2.09. The second kappa shape index (κ2) is 13.3.